The summed E-state index contributed by atoms with van der Waals surface area (Å²) in [4.78, 5) is 0. The molecule has 1 rings (SSSR count). The van der Waals surface area contributed by atoms with Gasteiger partial charge in [0, 0.05) is 0 Å². The second kappa shape index (κ2) is 2.85. The molecular formula is C6H6OSe2. The van der Waals surface area contributed by atoms with Gasteiger partial charge in [-0.15, -0.1) is 0 Å². The molecule has 9 heavy (non-hydrogen) atoms. The van der Waals surface area contributed by atoms with E-state index in [0.29, 0.717) is 0 Å². The molecule has 0 aromatic carbocycles. The van der Waals surface area contributed by atoms with Crippen molar-refractivity contribution in [2.75, 3.05) is 0 Å². The van der Waals surface area contributed by atoms with Crippen molar-refractivity contribution in [2.24, 2.45) is 0 Å². The Bertz CT molecular complexity index is 264. The minimum atomic E-state index is 0.950. The normalized spacial score (nSPS) is 9.56. The molecule has 0 aliphatic rings. The summed E-state index contributed by atoms with van der Waals surface area (Å²) in [6.45, 7) is 1.94. The van der Waals surface area contributed by atoms with E-state index >= 15 is 0 Å². The maximum absolute atomic E-state index is 5.10. The number of hydrogen-bond acceptors (Lipinski definition) is 1. The van der Waals surface area contributed by atoms with Gasteiger partial charge in [0.25, 0.3) is 0 Å². The zero-order valence-corrected chi connectivity index (χ0v) is 8.51. The summed E-state index contributed by atoms with van der Waals surface area (Å²) in [5, 5.41) is 0. The van der Waals surface area contributed by atoms with Crippen LogP contribution in [0.1, 0.15) is 5.76 Å². The van der Waals surface area contributed by atoms with E-state index in [9.17, 15) is 0 Å². The molecule has 0 fully saturated rings. The van der Waals surface area contributed by atoms with Crippen molar-refractivity contribution < 1.29 is 4.42 Å². The second-order valence-corrected chi connectivity index (χ2v) is 3.55. The topological polar surface area (TPSA) is 13.1 Å². The molecule has 1 aromatic rings. The molecule has 0 saturated heterocycles. The standard InChI is InChI=1S/C6H6OSe2/c1-4-6(9)5(8)2-3-7-4/h2-3,9H,1H3. The molecular weight excluding hydrogens is 246 g/mol. The molecule has 0 saturated carbocycles. The molecule has 0 radical (unpaired) electrons. The van der Waals surface area contributed by atoms with Crippen molar-refractivity contribution >= 4 is 36.1 Å². The van der Waals surface area contributed by atoms with Gasteiger partial charge in [0.05, 0.1) is 0 Å². The van der Waals surface area contributed by atoms with E-state index < -0.39 is 0 Å². The van der Waals surface area contributed by atoms with Gasteiger partial charge in [0.15, 0.2) is 0 Å². The van der Waals surface area contributed by atoms with Crippen LogP contribution in [0.5, 0.6) is 0 Å². The van der Waals surface area contributed by atoms with Crippen LogP contribution >= 0.6 is 0 Å². The van der Waals surface area contributed by atoms with E-state index in [2.05, 4.69) is 31.6 Å². The molecule has 0 unspecified atom stereocenters. The van der Waals surface area contributed by atoms with Gasteiger partial charge in [0.2, 0.25) is 0 Å². The van der Waals surface area contributed by atoms with E-state index in [1.165, 1.54) is 0 Å². The predicted molar refractivity (Wildman–Crippen MR) is 39.2 cm³/mol. The zero-order valence-electron chi connectivity index (χ0n) is 4.92. The van der Waals surface area contributed by atoms with Gasteiger partial charge in [-0.05, 0) is 0 Å². The SMILES string of the molecule is Cc1occc(=[Se])c1[SeH]. The van der Waals surface area contributed by atoms with Crippen LogP contribution in [-0.4, -0.2) is 31.6 Å². The molecule has 0 N–H and O–H groups in total. The van der Waals surface area contributed by atoms with Gasteiger partial charge >= 0.3 is 69.5 Å². The minimum absolute atomic E-state index is 0.950. The summed E-state index contributed by atoms with van der Waals surface area (Å²) in [5.74, 6) is 0.950. The Hall–Kier alpha value is 0.189. The summed E-state index contributed by atoms with van der Waals surface area (Å²) in [7, 11) is 0. The fraction of sp³-hybridized carbons (Fsp3) is 0.167. The van der Waals surface area contributed by atoms with Crippen molar-refractivity contribution in [2.45, 2.75) is 6.92 Å². The van der Waals surface area contributed by atoms with Crippen LogP contribution in [0.2, 0.25) is 0 Å². The molecule has 0 atom stereocenters. The van der Waals surface area contributed by atoms with Gasteiger partial charge in [-0.25, -0.2) is 0 Å². The van der Waals surface area contributed by atoms with Crippen LogP contribution in [0.4, 0.5) is 0 Å². The monoisotopic (exact) mass is 254 g/mol. The fourth-order valence-corrected chi connectivity index (χ4v) is 1.19. The molecule has 1 aromatic heterocycles. The van der Waals surface area contributed by atoms with Crippen LogP contribution in [0.15, 0.2) is 16.7 Å². The van der Waals surface area contributed by atoms with Crippen LogP contribution < -0.4 is 4.46 Å². The van der Waals surface area contributed by atoms with Gasteiger partial charge < -0.3 is 0 Å². The van der Waals surface area contributed by atoms with Gasteiger partial charge in [-0.2, -0.15) is 0 Å². The Morgan fingerprint density at radius 2 is 2.33 bits per heavy atom. The quantitative estimate of drug-likeness (QED) is 0.583. The first-order valence-electron chi connectivity index (χ1n) is 2.49. The van der Waals surface area contributed by atoms with E-state index in [4.69, 9.17) is 4.42 Å². The van der Waals surface area contributed by atoms with Crippen LogP contribution in [0, 0.1) is 11.0 Å². The summed E-state index contributed by atoms with van der Waals surface area (Å²) in [5.41, 5.74) is 0. The molecule has 0 aliphatic heterocycles. The molecule has 3 heteroatoms. The Morgan fingerprint density at radius 1 is 1.67 bits per heavy atom. The number of aryl methyl sites for hydroxylation is 1. The van der Waals surface area contributed by atoms with Gasteiger partial charge in [-0.3, -0.25) is 0 Å². The third-order valence-corrected chi connectivity index (χ3v) is 3.65. The summed E-state index contributed by atoms with van der Waals surface area (Å²) in [6, 6.07) is 1.90. The van der Waals surface area contributed by atoms with Gasteiger partial charge in [-0.1, -0.05) is 0 Å². The van der Waals surface area contributed by atoms with E-state index in [1.54, 1.807) is 6.26 Å². The average molecular weight is 252 g/mol. The van der Waals surface area contributed by atoms with E-state index in [0.717, 1.165) is 14.3 Å². The summed E-state index contributed by atoms with van der Waals surface area (Å²) in [6.07, 6.45) is 1.68. The Labute approximate surface area is 69.6 Å². The van der Waals surface area contributed by atoms with Crippen LogP contribution in [-0.2, 0) is 0 Å². The van der Waals surface area contributed by atoms with Crippen molar-refractivity contribution in [3.8, 4) is 0 Å². The molecule has 0 amide bonds. The van der Waals surface area contributed by atoms with Gasteiger partial charge in [0.1, 0.15) is 0 Å². The average Bonchev–Trinajstić information content (AvgIpc) is 1.83. The van der Waals surface area contributed by atoms with Crippen LogP contribution in [0.3, 0.4) is 0 Å². The third-order valence-electron chi connectivity index (χ3n) is 1.03. The Kier molecular flexibility index (Phi) is 2.31. The fourth-order valence-electron chi connectivity index (χ4n) is 0.506. The predicted octanol–water partition coefficient (Wildman–Crippen LogP) is -0.185. The van der Waals surface area contributed by atoms with Crippen molar-refractivity contribution in [1.82, 2.24) is 0 Å². The Morgan fingerprint density at radius 3 is 2.78 bits per heavy atom. The zero-order chi connectivity index (χ0) is 6.85. The van der Waals surface area contributed by atoms with E-state index in [-0.39, 0.29) is 0 Å². The summed E-state index contributed by atoms with van der Waals surface area (Å²) < 4.78 is 7.37. The molecule has 0 spiro atoms. The van der Waals surface area contributed by atoms with Crippen molar-refractivity contribution in [3.63, 3.8) is 0 Å². The first-order valence-corrected chi connectivity index (χ1v) is 4.28. The number of hydrogen-bond donors (Lipinski definition) is 0. The Balaban J connectivity index is 3.43. The number of rotatable bonds is 0. The maximum atomic E-state index is 5.10. The summed E-state index contributed by atoms with van der Waals surface area (Å²) >= 11 is 5.41. The molecule has 1 heterocycles. The second-order valence-electron chi connectivity index (χ2n) is 1.69. The molecule has 1 nitrogen and oxygen atoms in total. The molecule has 0 bridgehead atoms. The van der Waals surface area contributed by atoms with Crippen molar-refractivity contribution in [1.29, 1.82) is 0 Å². The van der Waals surface area contributed by atoms with E-state index in [1.807, 2.05) is 13.0 Å². The first kappa shape index (κ1) is 7.30. The molecule has 0 aliphatic carbocycles. The van der Waals surface area contributed by atoms with Crippen LogP contribution in [0.25, 0.3) is 0 Å². The first-order chi connectivity index (χ1) is 4.22. The molecule has 48 valence electrons. The third kappa shape index (κ3) is 1.56. The van der Waals surface area contributed by atoms with Crippen molar-refractivity contribution in [3.05, 3.63) is 22.2 Å².